The molecule has 0 spiro atoms. The minimum Gasteiger partial charge on any atom is -0.387 e. The highest BCUT2D eigenvalue weighted by Crippen LogP contribution is 2.29. The van der Waals surface area contributed by atoms with Crippen LogP contribution in [-0.2, 0) is 16.1 Å². The number of rotatable bonds is 7. The second-order valence-corrected chi connectivity index (χ2v) is 8.39. The largest absolute Gasteiger partial charge is 0.437 e. The standard InChI is InChI=1S/C17H14Cl2N4O4S2/c18-10-3-4-11(19)13(8-10)29-9-15(25)21-20-14(24)5-6-23-17(26)27-16(22-23)12-2-1-7-28-12/h1-4,7-8H,5-6,9H2,(H,20,24)(H,21,25). The molecule has 1 aromatic carbocycles. The van der Waals surface area contributed by atoms with Crippen molar-refractivity contribution in [3.8, 4) is 10.8 Å². The molecule has 0 bridgehead atoms. The Kier molecular flexibility index (Phi) is 7.37. The SMILES string of the molecule is O=C(CCn1nc(-c2cccs2)oc1=O)NNC(=O)CSc1cc(Cl)ccc1Cl. The van der Waals surface area contributed by atoms with Crippen LogP contribution in [-0.4, -0.2) is 27.3 Å². The quantitative estimate of drug-likeness (QED) is 0.403. The molecular weight excluding hydrogens is 459 g/mol. The fourth-order valence-electron chi connectivity index (χ4n) is 2.12. The number of thioether (sulfide) groups is 1. The number of aryl methyl sites for hydroxylation is 1. The summed E-state index contributed by atoms with van der Waals surface area (Å²) in [5, 5.41) is 6.88. The van der Waals surface area contributed by atoms with Gasteiger partial charge in [-0.25, -0.2) is 4.79 Å². The average molecular weight is 473 g/mol. The Bertz CT molecular complexity index is 1070. The molecule has 0 saturated heterocycles. The Labute approximate surface area is 183 Å². The molecule has 29 heavy (non-hydrogen) atoms. The monoisotopic (exact) mass is 472 g/mol. The first-order valence-corrected chi connectivity index (χ1v) is 10.8. The van der Waals surface area contributed by atoms with Crippen molar-refractivity contribution in [2.24, 2.45) is 0 Å². The van der Waals surface area contributed by atoms with Crippen LogP contribution < -0.4 is 16.6 Å². The predicted octanol–water partition coefficient (Wildman–Crippen LogP) is 3.20. The minimum absolute atomic E-state index is 0.0162. The van der Waals surface area contributed by atoms with Crippen LogP contribution in [0.1, 0.15) is 6.42 Å². The van der Waals surface area contributed by atoms with Crippen LogP contribution in [0.2, 0.25) is 10.0 Å². The van der Waals surface area contributed by atoms with E-state index in [4.69, 9.17) is 27.6 Å². The van der Waals surface area contributed by atoms with E-state index in [2.05, 4.69) is 16.0 Å². The molecule has 12 heteroatoms. The van der Waals surface area contributed by atoms with Crippen molar-refractivity contribution in [1.29, 1.82) is 0 Å². The molecule has 0 aliphatic heterocycles. The summed E-state index contributed by atoms with van der Waals surface area (Å²) in [6, 6.07) is 8.53. The van der Waals surface area contributed by atoms with Crippen molar-refractivity contribution < 1.29 is 14.0 Å². The van der Waals surface area contributed by atoms with Crippen molar-refractivity contribution >= 4 is 58.1 Å². The van der Waals surface area contributed by atoms with E-state index in [1.54, 1.807) is 24.3 Å². The van der Waals surface area contributed by atoms with Gasteiger partial charge >= 0.3 is 5.76 Å². The second kappa shape index (κ2) is 9.97. The lowest BCUT2D eigenvalue weighted by molar-refractivity contribution is -0.127. The minimum atomic E-state index is -0.653. The van der Waals surface area contributed by atoms with Gasteiger partial charge in [0.1, 0.15) is 0 Å². The molecule has 2 aromatic heterocycles. The molecule has 2 heterocycles. The van der Waals surface area contributed by atoms with E-state index in [-0.39, 0.29) is 24.6 Å². The molecule has 3 aromatic rings. The topological polar surface area (TPSA) is 106 Å². The number of amides is 2. The number of nitrogens with zero attached hydrogens (tertiary/aromatic N) is 2. The Morgan fingerprint density at radius 3 is 2.76 bits per heavy atom. The molecule has 0 aliphatic rings. The lowest BCUT2D eigenvalue weighted by atomic mass is 10.4. The maximum absolute atomic E-state index is 11.9. The fourth-order valence-corrected chi connectivity index (χ4v) is 4.06. The van der Waals surface area contributed by atoms with Crippen LogP contribution in [0, 0.1) is 0 Å². The van der Waals surface area contributed by atoms with Gasteiger partial charge < -0.3 is 4.42 Å². The normalized spacial score (nSPS) is 10.7. The van der Waals surface area contributed by atoms with Crippen molar-refractivity contribution in [1.82, 2.24) is 20.6 Å². The molecule has 0 saturated carbocycles. The summed E-state index contributed by atoms with van der Waals surface area (Å²) >= 11 is 14.5. The Balaban J connectivity index is 1.42. The van der Waals surface area contributed by atoms with E-state index in [1.807, 2.05) is 11.4 Å². The number of hydrogen-bond donors (Lipinski definition) is 2. The van der Waals surface area contributed by atoms with Crippen molar-refractivity contribution in [3.05, 3.63) is 56.3 Å². The Hall–Kier alpha value is -2.27. The predicted molar refractivity (Wildman–Crippen MR) is 112 cm³/mol. The molecule has 0 atom stereocenters. The highest BCUT2D eigenvalue weighted by molar-refractivity contribution is 8.00. The highest BCUT2D eigenvalue weighted by Gasteiger charge is 2.13. The molecule has 152 valence electrons. The van der Waals surface area contributed by atoms with Crippen molar-refractivity contribution in [2.45, 2.75) is 17.9 Å². The maximum Gasteiger partial charge on any atom is 0.437 e. The molecule has 8 nitrogen and oxygen atoms in total. The Morgan fingerprint density at radius 1 is 1.21 bits per heavy atom. The number of benzene rings is 1. The van der Waals surface area contributed by atoms with Gasteiger partial charge in [0.25, 0.3) is 5.89 Å². The van der Waals surface area contributed by atoms with Crippen molar-refractivity contribution in [3.63, 3.8) is 0 Å². The van der Waals surface area contributed by atoms with Crippen LogP contribution in [0.15, 0.2) is 49.8 Å². The number of carbonyl (C=O) groups is 2. The number of thiophene rings is 1. The summed E-state index contributed by atoms with van der Waals surface area (Å²) in [7, 11) is 0. The number of hydrogen-bond acceptors (Lipinski definition) is 7. The number of carbonyl (C=O) groups excluding carboxylic acids is 2. The molecule has 0 unspecified atom stereocenters. The summed E-state index contributed by atoms with van der Waals surface area (Å²) in [6.07, 6.45) is -0.0656. The third kappa shape index (κ3) is 6.10. The van der Waals surface area contributed by atoms with Gasteiger partial charge in [-0.2, -0.15) is 4.68 Å². The smallest absolute Gasteiger partial charge is 0.387 e. The summed E-state index contributed by atoms with van der Waals surface area (Å²) < 4.78 is 6.13. The van der Waals surface area contributed by atoms with Crippen LogP contribution >= 0.6 is 46.3 Å². The van der Waals surface area contributed by atoms with E-state index >= 15 is 0 Å². The number of nitrogens with one attached hydrogen (secondary N) is 2. The van der Waals surface area contributed by atoms with Crippen LogP contribution in [0.25, 0.3) is 10.8 Å². The summed E-state index contributed by atoms with van der Waals surface area (Å²) in [5.74, 6) is -1.31. The van der Waals surface area contributed by atoms with Gasteiger partial charge in [-0.15, -0.1) is 28.2 Å². The van der Waals surface area contributed by atoms with E-state index in [0.717, 1.165) is 9.56 Å². The van der Waals surface area contributed by atoms with Gasteiger partial charge in [0.05, 0.1) is 22.2 Å². The van der Waals surface area contributed by atoms with Crippen LogP contribution in [0.4, 0.5) is 0 Å². The number of halogens is 2. The lowest BCUT2D eigenvalue weighted by Gasteiger charge is -2.08. The molecule has 3 rings (SSSR count). The first-order chi connectivity index (χ1) is 13.9. The lowest BCUT2D eigenvalue weighted by Crippen LogP contribution is -2.43. The van der Waals surface area contributed by atoms with Crippen LogP contribution in [0.5, 0.6) is 0 Å². The molecule has 0 radical (unpaired) electrons. The molecule has 0 aliphatic carbocycles. The van der Waals surface area contributed by atoms with Gasteiger partial charge in [-0.3, -0.25) is 20.4 Å². The van der Waals surface area contributed by atoms with E-state index in [9.17, 15) is 14.4 Å². The molecule has 0 fully saturated rings. The number of aromatic nitrogens is 2. The molecular formula is C17H14Cl2N4O4S2. The zero-order chi connectivity index (χ0) is 20.8. The summed E-state index contributed by atoms with van der Waals surface area (Å²) in [6.45, 7) is 0.0162. The summed E-state index contributed by atoms with van der Waals surface area (Å²) in [5.41, 5.74) is 4.59. The third-order valence-corrected chi connectivity index (χ3v) is 6.07. The van der Waals surface area contributed by atoms with Crippen molar-refractivity contribution in [2.75, 3.05) is 5.75 Å². The Morgan fingerprint density at radius 2 is 2.00 bits per heavy atom. The zero-order valence-electron chi connectivity index (χ0n) is 14.7. The number of hydrazine groups is 1. The van der Waals surface area contributed by atoms with E-state index in [1.165, 1.54) is 23.1 Å². The average Bonchev–Trinajstić information content (AvgIpc) is 3.35. The first-order valence-electron chi connectivity index (χ1n) is 8.20. The molecule has 2 amide bonds. The van der Waals surface area contributed by atoms with Gasteiger partial charge in [0.2, 0.25) is 11.8 Å². The first kappa shape index (κ1) is 21.4. The van der Waals surface area contributed by atoms with Gasteiger partial charge in [0.15, 0.2) is 0 Å². The van der Waals surface area contributed by atoms with E-state index < -0.39 is 17.6 Å². The highest BCUT2D eigenvalue weighted by atomic mass is 35.5. The van der Waals surface area contributed by atoms with E-state index in [0.29, 0.717) is 14.9 Å². The molecule has 2 N–H and O–H groups in total. The fraction of sp³-hybridized carbons (Fsp3) is 0.176. The second-order valence-electron chi connectivity index (χ2n) is 5.58. The van der Waals surface area contributed by atoms with Gasteiger partial charge in [-0.1, -0.05) is 29.3 Å². The van der Waals surface area contributed by atoms with Gasteiger partial charge in [-0.05, 0) is 29.6 Å². The summed E-state index contributed by atoms with van der Waals surface area (Å²) in [4.78, 5) is 37.0. The third-order valence-electron chi connectivity index (χ3n) is 3.48. The maximum atomic E-state index is 11.9. The zero-order valence-corrected chi connectivity index (χ0v) is 17.8. The van der Waals surface area contributed by atoms with Crippen LogP contribution in [0.3, 0.4) is 0 Å². The van der Waals surface area contributed by atoms with Gasteiger partial charge in [0, 0.05) is 16.3 Å².